The Hall–Kier alpha value is -3.88. The number of esters is 1. The molecule has 1 aliphatic rings. The van der Waals surface area contributed by atoms with Crippen molar-refractivity contribution in [3.05, 3.63) is 54.1 Å². The van der Waals surface area contributed by atoms with Crippen LogP contribution in [0.1, 0.15) is 41.9 Å². The van der Waals surface area contributed by atoms with Gasteiger partial charge >= 0.3 is 5.97 Å². The largest absolute Gasteiger partial charge is 0.496 e. The van der Waals surface area contributed by atoms with Crippen molar-refractivity contribution in [3.63, 3.8) is 0 Å². The van der Waals surface area contributed by atoms with E-state index >= 15 is 0 Å². The van der Waals surface area contributed by atoms with Crippen molar-refractivity contribution in [2.24, 2.45) is 0 Å². The van der Waals surface area contributed by atoms with Crippen molar-refractivity contribution in [3.8, 4) is 11.5 Å². The molecule has 176 valence electrons. The number of hydrogen-bond donors (Lipinski definition) is 0. The van der Waals surface area contributed by atoms with Gasteiger partial charge < -0.3 is 19.1 Å². The van der Waals surface area contributed by atoms with Gasteiger partial charge in [-0.2, -0.15) is 0 Å². The Balaban J connectivity index is 1.55. The molecule has 0 spiro atoms. The van der Waals surface area contributed by atoms with Gasteiger partial charge in [-0.1, -0.05) is 6.07 Å². The maximum Gasteiger partial charge on any atom is 0.341 e. The summed E-state index contributed by atoms with van der Waals surface area (Å²) in [5.74, 6) is 2.10. The molecule has 4 heterocycles. The number of rotatable bonds is 6. The summed E-state index contributed by atoms with van der Waals surface area (Å²) in [5, 5.41) is 9.52. The van der Waals surface area contributed by atoms with Crippen molar-refractivity contribution >= 4 is 28.2 Å². The Labute approximate surface area is 197 Å². The maximum atomic E-state index is 12.9. The highest BCUT2D eigenvalue weighted by atomic mass is 16.5. The number of ether oxygens (including phenoxy) is 3. The van der Waals surface area contributed by atoms with Crippen LogP contribution in [0.5, 0.6) is 11.5 Å². The molecule has 1 saturated heterocycles. The normalized spacial score (nSPS) is 14.5. The molecule has 0 radical (unpaired) electrons. The van der Waals surface area contributed by atoms with Gasteiger partial charge in [-0.3, -0.25) is 9.38 Å². The second kappa shape index (κ2) is 9.17. The molecule has 0 aliphatic carbocycles. The Morgan fingerprint density at radius 1 is 1.06 bits per heavy atom. The Bertz CT molecular complexity index is 1340. The number of aromatic nitrogens is 4. The molecule has 1 aromatic carbocycles. The smallest absolute Gasteiger partial charge is 0.341 e. The van der Waals surface area contributed by atoms with E-state index in [1.807, 2.05) is 36.5 Å². The lowest BCUT2D eigenvalue weighted by Gasteiger charge is -2.34. The third kappa shape index (κ3) is 3.67. The molecule has 5 rings (SSSR count). The minimum atomic E-state index is -0.401. The number of fused-ring (bicyclic) bond motifs is 2. The number of pyridine rings is 2. The molecule has 4 aromatic rings. The van der Waals surface area contributed by atoms with Gasteiger partial charge in [0.2, 0.25) is 0 Å². The first kappa shape index (κ1) is 21.9. The van der Waals surface area contributed by atoms with Crippen molar-refractivity contribution < 1.29 is 19.0 Å². The predicted molar refractivity (Wildman–Crippen MR) is 128 cm³/mol. The van der Waals surface area contributed by atoms with Crippen LogP contribution in [-0.2, 0) is 4.74 Å². The number of methoxy groups -OCH3 is 2. The molecule has 3 aromatic heterocycles. The molecule has 0 amide bonds. The standard InChI is InChI=1S/C25H27N5O4/c1-4-34-25(31)17-15-26-22-19(33-3)9-8-18(32-2)21(22)23(17)29-13-10-16(11-14-29)24-28-27-20-7-5-6-12-30(20)24/h5-9,12,15-16H,4,10-11,13-14H2,1-3H3. The fourth-order valence-corrected chi connectivity index (χ4v) is 4.76. The first-order valence-electron chi connectivity index (χ1n) is 11.4. The molecule has 0 bridgehead atoms. The highest BCUT2D eigenvalue weighted by Crippen LogP contribution is 2.42. The summed E-state index contributed by atoms with van der Waals surface area (Å²) in [6, 6.07) is 9.58. The molecule has 0 saturated carbocycles. The quantitative estimate of drug-likeness (QED) is 0.400. The van der Waals surface area contributed by atoms with Crippen LogP contribution < -0.4 is 14.4 Å². The fraction of sp³-hybridized carbons (Fsp3) is 0.360. The van der Waals surface area contributed by atoms with E-state index in [4.69, 9.17) is 14.2 Å². The highest BCUT2D eigenvalue weighted by molar-refractivity contribution is 6.09. The molecule has 0 N–H and O–H groups in total. The van der Waals surface area contributed by atoms with E-state index < -0.39 is 5.97 Å². The van der Waals surface area contributed by atoms with E-state index in [2.05, 4.69) is 24.5 Å². The fourth-order valence-electron chi connectivity index (χ4n) is 4.76. The lowest BCUT2D eigenvalue weighted by atomic mass is 9.94. The predicted octanol–water partition coefficient (Wildman–Crippen LogP) is 3.86. The topological polar surface area (TPSA) is 91.1 Å². The molecule has 0 unspecified atom stereocenters. The molecule has 1 aliphatic heterocycles. The molecular formula is C25H27N5O4. The van der Waals surface area contributed by atoms with E-state index in [0.29, 0.717) is 22.6 Å². The number of hydrogen-bond acceptors (Lipinski definition) is 8. The summed E-state index contributed by atoms with van der Waals surface area (Å²) in [6.07, 6.45) is 5.32. The summed E-state index contributed by atoms with van der Waals surface area (Å²) in [5.41, 5.74) is 2.69. The minimum absolute atomic E-state index is 0.268. The lowest BCUT2D eigenvalue weighted by Crippen LogP contribution is -2.35. The number of benzene rings is 1. The summed E-state index contributed by atoms with van der Waals surface area (Å²) < 4.78 is 18.7. The van der Waals surface area contributed by atoms with Crippen LogP contribution in [0.25, 0.3) is 16.6 Å². The van der Waals surface area contributed by atoms with E-state index in [0.717, 1.165) is 48.5 Å². The van der Waals surface area contributed by atoms with Gasteiger partial charge in [-0.15, -0.1) is 10.2 Å². The second-order valence-corrected chi connectivity index (χ2v) is 8.18. The monoisotopic (exact) mass is 461 g/mol. The van der Waals surface area contributed by atoms with E-state index in [-0.39, 0.29) is 12.5 Å². The van der Waals surface area contributed by atoms with Crippen LogP contribution in [0.15, 0.2) is 42.7 Å². The molecule has 9 nitrogen and oxygen atoms in total. The van der Waals surface area contributed by atoms with Gasteiger partial charge in [-0.05, 0) is 44.0 Å². The molecule has 1 fully saturated rings. The van der Waals surface area contributed by atoms with Crippen LogP contribution in [0.3, 0.4) is 0 Å². The number of anilines is 1. The van der Waals surface area contributed by atoms with Crippen molar-refractivity contribution in [2.75, 3.05) is 38.8 Å². The van der Waals surface area contributed by atoms with E-state index in [9.17, 15) is 4.79 Å². The van der Waals surface area contributed by atoms with Gasteiger partial charge in [-0.25, -0.2) is 4.79 Å². The zero-order chi connectivity index (χ0) is 23.7. The van der Waals surface area contributed by atoms with Crippen LogP contribution in [0.2, 0.25) is 0 Å². The first-order chi connectivity index (χ1) is 16.7. The zero-order valence-electron chi connectivity index (χ0n) is 19.5. The molecule has 9 heteroatoms. The number of nitrogens with zero attached hydrogens (tertiary/aromatic N) is 5. The van der Waals surface area contributed by atoms with Gasteiger partial charge in [0.15, 0.2) is 5.65 Å². The van der Waals surface area contributed by atoms with Crippen molar-refractivity contribution in [1.82, 2.24) is 19.6 Å². The first-order valence-corrected chi connectivity index (χ1v) is 11.4. The number of piperidine rings is 1. The maximum absolute atomic E-state index is 12.9. The van der Waals surface area contributed by atoms with Gasteiger partial charge in [0.25, 0.3) is 0 Å². The molecule has 34 heavy (non-hydrogen) atoms. The second-order valence-electron chi connectivity index (χ2n) is 8.18. The Morgan fingerprint density at radius 2 is 1.82 bits per heavy atom. The summed E-state index contributed by atoms with van der Waals surface area (Å²) in [7, 11) is 3.22. The van der Waals surface area contributed by atoms with Crippen LogP contribution in [-0.4, -0.2) is 59.5 Å². The third-order valence-corrected chi connectivity index (χ3v) is 6.37. The van der Waals surface area contributed by atoms with Gasteiger partial charge in [0, 0.05) is 31.4 Å². The van der Waals surface area contributed by atoms with Crippen LogP contribution in [0.4, 0.5) is 5.69 Å². The average Bonchev–Trinajstić information content (AvgIpc) is 3.32. The van der Waals surface area contributed by atoms with Gasteiger partial charge in [0.1, 0.15) is 28.4 Å². The Morgan fingerprint density at radius 3 is 2.56 bits per heavy atom. The summed E-state index contributed by atoms with van der Waals surface area (Å²) in [6.45, 7) is 3.55. The van der Waals surface area contributed by atoms with Crippen LogP contribution >= 0.6 is 0 Å². The average molecular weight is 462 g/mol. The number of carbonyl (C=O) groups is 1. The summed E-state index contributed by atoms with van der Waals surface area (Å²) in [4.78, 5) is 19.7. The Kier molecular flexibility index (Phi) is 5.91. The van der Waals surface area contributed by atoms with Crippen molar-refractivity contribution in [2.45, 2.75) is 25.7 Å². The molecular weight excluding hydrogens is 434 g/mol. The zero-order valence-corrected chi connectivity index (χ0v) is 19.5. The van der Waals surface area contributed by atoms with Crippen molar-refractivity contribution in [1.29, 1.82) is 0 Å². The highest BCUT2D eigenvalue weighted by Gasteiger charge is 2.30. The molecule has 0 atom stereocenters. The summed E-state index contributed by atoms with van der Waals surface area (Å²) >= 11 is 0. The minimum Gasteiger partial charge on any atom is -0.496 e. The lowest BCUT2D eigenvalue weighted by molar-refractivity contribution is 0.0526. The van der Waals surface area contributed by atoms with Gasteiger partial charge in [0.05, 0.1) is 31.9 Å². The van der Waals surface area contributed by atoms with Crippen LogP contribution in [0, 0.1) is 0 Å². The van der Waals surface area contributed by atoms with E-state index in [1.165, 1.54) is 0 Å². The number of carbonyl (C=O) groups excluding carboxylic acids is 1. The third-order valence-electron chi connectivity index (χ3n) is 6.37. The van der Waals surface area contributed by atoms with E-state index in [1.54, 1.807) is 27.3 Å². The SMILES string of the molecule is CCOC(=O)c1cnc2c(OC)ccc(OC)c2c1N1CCC(c2nnc3ccccn23)CC1.